The highest BCUT2D eigenvalue weighted by molar-refractivity contribution is 9.10. The standard InChI is InChI=1S/C16H13BrFN5/c17-12-3-1-2-11(8-12)14-9-15(10-4-6-13(18)7-5-10)23-16(19-14)20-21-22-23/h1-8,14-15H,9H2,(H,19,20,22)/t14-,15+/m1/s1. The van der Waals surface area contributed by atoms with E-state index in [2.05, 4.69) is 48.9 Å². The molecule has 2 atom stereocenters. The van der Waals surface area contributed by atoms with Crippen molar-refractivity contribution in [2.24, 2.45) is 0 Å². The number of benzene rings is 2. The highest BCUT2D eigenvalue weighted by atomic mass is 79.9. The Balaban J connectivity index is 1.73. The molecular formula is C16H13BrFN5. The molecule has 0 saturated carbocycles. The summed E-state index contributed by atoms with van der Waals surface area (Å²) in [4.78, 5) is 0. The number of aromatic nitrogens is 4. The van der Waals surface area contributed by atoms with Crippen LogP contribution in [0.3, 0.4) is 0 Å². The lowest BCUT2D eigenvalue weighted by Crippen LogP contribution is -2.28. The van der Waals surface area contributed by atoms with Gasteiger partial charge in [0.2, 0.25) is 5.95 Å². The normalized spacial score (nSPS) is 19.9. The summed E-state index contributed by atoms with van der Waals surface area (Å²) in [6, 6.07) is 14.7. The van der Waals surface area contributed by atoms with Gasteiger partial charge in [0.15, 0.2) is 0 Å². The number of nitrogens with one attached hydrogen (secondary N) is 1. The Kier molecular flexibility index (Phi) is 3.57. The minimum Gasteiger partial charge on any atom is -0.346 e. The molecule has 0 unspecified atom stereocenters. The largest absolute Gasteiger partial charge is 0.346 e. The molecule has 0 spiro atoms. The lowest BCUT2D eigenvalue weighted by atomic mass is 9.93. The maximum atomic E-state index is 13.2. The zero-order valence-electron chi connectivity index (χ0n) is 12.0. The second kappa shape index (κ2) is 5.73. The number of nitrogens with zero attached hydrogens (tertiary/aromatic N) is 4. The molecule has 0 bridgehead atoms. The van der Waals surface area contributed by atoms with E-state index in [0.717, 1.165) is 22.0 Å². The van der Waals surface area contributed by atoms with Crippen molar-refractivity contribution < 1.29 is 4.39 Å². The molecule has 1 aromatic heterocycles. The van der Waals surface area contributed by atoms with E-state index in [1.807, 2.05) is 12.1 Å². The molecule has 5 nitrogen and oxygen atoms in total. The molecule has 1 aliphatic heterocycles. The third kappa shape index (κ3) is 2.72. The molecule has 0 fully saturated rings. The van der Waals surface area contributed by atoms with E-state index in [9.17, 15) is 4.39 Å². The van der Waals surface area contributed by atoms with Crippen molar-refractivity contribution in [3.8, 4) is 0 Å². The van der Waals surface area contributed by atoms with Crippen LogP contribution >= 0.6 is 15.9 Å². The van der Waals surface area contributed by atoms with Crippen LogP contribution in [0.2, 0.25) is 0 Å². The van der Waals surface area contributed by atoms with Crippen molar-refractivity contribution in [1.82, 2.24) is 20.2 Å². The van der Waals surface area contributed by atoms with Gasteiger partial charge in [0.1, 0.15) is 5.82 Å². The van der Waals surface area contributed by atoms with Crippen LogP contribution < -0.4 is 5.32 Å². The first-order valence-electron chi connectivity index (χ1n) is 7.26. The number of anilines is 1. The lowest BCUT2D eigenvalue weighted by molar-refractivity contribution is 0.423. The van der Waals surface area contributed by atoms with E-state index >= 15 is 0 Å². The molecule has 116 valence electrons. The third-order valence-corrected chi connectivity index (χ3v) is 4.55. The Morgan fingerprint density at radius 2 is 1.96 bits per heavy atom. The lowest BCUT2D eigenvalue weighted by Gasteiger charge is -2.31. The highest BCUT2D eigenvalue weighted by Crippen LogP contribution is 2.37. The second-order valence-corrected chi connectivity index (χ2v) is 6.42. The first kappa shape index (κ1) is 14.3. The minimum atomic E-state index is -0.247. The van der Waals surface area contributed by atoms with Crippen LogP contribution in [0.1, 0.15) is 29.6 Å². The van der Waals surface area contributed by atoms with Gasteiger partial charge >= 0.3 is 0 Å². The summed E-state index contributed by atoms with van der Waals surface area (Å²) >= 11 is 3.51. The Hall–Kier alpha value is -2.28. The monoisotopic (exact) mass is 373 g/mol. The van der Waals surface area contributed by atoms with Gasteiger partial charge in [0.25, 0.3) is 0 Å². The fourth-order valence-corrected chi connectivity index (χ4v) is 3.36. The fourth-order valence-electron chi connectivity index (χ4n) is 2.94. The van der Waals surface area contributed by atoms with Crippen molar-refractivity contribution in [1.29, 1.82) is 0 Å². The van der Waals surface area contributed by atoms with Gasteiger partial charge in [-0.25, -0.2) is 9.07 Å². The van der Waals surface area contributed by atoms with E-state index in [4.69, 9.17) is 0 Å². The van der Waals surface area contributed by atoms with Crippen molar-refractivity contribution in [3.63, 3.8) is 0 Å². The molecule has 0 radical (unpaired) electrons. The molecule has 0 saturated heterocycles. The maximum Gasteiger partial charge on any atom is 0.243 e. The van der Waals surface area contributed by atoms with Crippen LogP contribution in [0.25, 0.3) is 0 Å². The summed E-state index contributed by atoms with van der Waals surface area (Å²) in [7, 11) is 0. The molecule has 0 amide bonds. The average molecular weight is 374 g/mol. The smallest absolute Gasteiger partial charge is 0.243 e. The molecule has 1 aliphatic rings. The van der Waals surface area contributed by atoms with Crippen LogP contribution in [0.4, 0.5) is 10.3 Å². The fraction of sp³-hybridized carbons (Fsp3) is 0.188. The summed E-state index contributed by atoms with van der Waals surface area (Å²) in [5, 5.41) is 15.2. The topological polar surface area (TPSA) is 55.6 Å². The summed E-state index contributed by atoms with van der Waals surface area (Å²) in [5.74, 6) is 0.374. The van der Waals surface area contributed by atoms with Gasteiger partial charge in [0, 0.05) is 4.47 Å². The van der Waals surface area contributed by atoms with E-state index in [1.54, 1.807) is 16.8 Å². The Morgan fingerprint density at radius 3 is 2.74 bits per heavy atom. The summed E-state index contributed by atoms with van der Waals surface area (Å²) in [6.45, 7) is 0. The predicted molar refractivity (Wildman–Crippen MR) is 87.5 cm³/mol. The Labute approximate surface area is 140 Å². The average Bonchev–Trinajstić information content (AvgIpc) is 3.03. The summed E-state index contributed by atoms with van der Waals surface area (Å²) in [6.07, 6.45) is 0.778. The van der Waals surface area contributed by atoms with E-state index in [1.165, 1.54) is 12.1 Å². The van der Waals surface area contributed by atoms with E-state index in [-0.39, 0.29) is 17.9 Å². The number of rotatable bonds is 2. The van der Waals surface area contributed by atoms with Crippen LogP contribution in [-0.2, 0) is 0 Å². The van der Waals surface area contributed by atoms with Gasteiger partial charge in [-0.05, 0) is 52.2 Å². The van der Waals surface area contributed by atoms with Gasteiger partial charge in [-0.1, -0.05) is 45.3 Å². The van der Waals surface area contributed by atoms with Crippen LogP contribution in [0.5, 0.6) is 0 Å². The van der Waals surface area contributed by atoms with Gasteiger partial charge < -0.3 is 5.32 Å². The Bertz CT molecular complexity index is 832. The van der Waals surface area contributed by atoms with Crippen molar-refractivity contribution in [2.75, 3.05) is 5.32 Å². The summed E-state index contributed by atoms with van der Waals surface area (Å²) in [5.41, 5.74) is 2.14. The first-order chi connectivity index (χ1) is 11.2. The van der Waals surface area contributed by atoms with Crippen molar-refractivity contribution in [3.05, 3.63) is 69.9 Å². The molecular weight excluding hydrogens is 361 g/mol. The molecule has 2 aromatic carbocycles. The number of halogens is 2. The zero-order chi connectivity index (χ0) is 15.8. The SMILES string of the molecule is Fc1ccc([C@@H]2C[C@H](c3cccc(Br)c3)Nc3nnnn32)cc1. The van der Waals surface area contributed by atoms with Crippen molar-refractivity contribution in [2.45, 2.75) is 18.5 Å². The van der Waals surface area contributed by atoms with Gasteiger partial charge in [-0.3, -0.25) is 0 Å². The van der Waals surface area contributed by atoms with E-state index < -0.39 is 0 Å². The Morgan fingerprint density at radius 1 is 1.13 bits per heavy atom. The minimum absolute atomic E-state index is 0.0363. The molecule has 2 heterocycles. The van der Waals surface area contributed by atoms with Crippen LogP contribution in [-0.4, -0.2) is 20.2 Å². The first-order valence-corrected chi connectivity index (χ1v) is 8.05. The maximum absolute atomic E-state index is 13.2. The molecule has 4 rings (SSSR count). The number of hydrogen-bond acceptors (Lipinski definition) is 4. The zero-order valence-corrected chi connectivity index (χ0v) is 13.6. The number of tetrazole rings is 1. The predicted octanol–water partition coefficient (Wildman–Crippen LogP) is 3.72. The van der Waals surface area contributed by atoms with Gasteiger partial charge in [-0.15, -0.1) is 0 Å². The quantitative estimate of drug-likeness (QED) is 0.743. The molecule has 7 heteroatoms. The third-order valence-electron chi connectivity index (χ3n) is 4.06. The molecule has 23 heavy (non-hydrogen) atoms. The van der Waals surface area contributed by atoms with Crippen LogP contribution in [0, 0.1) is 5.82 Å². The van der Waals surface area contributed by atoms with Gasteiger partial charge in [-0.2, -0.15) is 0 Å². The van der Waals surface area contributed by atoms with Crippen LogP contribution in [0.15, 0.2) is 53.0 Å². The highest BCUT2D eigenvalue weighted by Gasteiger charge is 2.30. The number of hydrogen-bond donors (Lipinski definition) is 1. The molecule has 1 N–H and O–H groups in total. The second-order valence-electron chi connectivity index (χ2n) is 5.50. The summed E-state index contributed by atoms with van der Waals surface area (Å²) < 4.78 is 16.0. The molecule has 0 aliphatic carbocycles. The van der Waals surface area contributed by atoms with E-state index in [0.29, 0.717) is 5.95 Å². The van der Waals surface area contributed by atoms with Crippen molar-refractivity contribution >= 4 is 21.9 Å². The molecule has 3 aromatic rings. The number of fused-ring (bicyclic) bond motifs is 1. The van der Waals surface area contributed by atoms with Gasteiger partial charge in [0.05, 0.1) is 12.1 Å².